The highest BCUT2D eigenvalue weighted by Crippen LogP contribution is 2.43. The topological polar surface area (TPSA) is 275 Å². The van der Waals surface area contributed by atoms with E-state index in [0.29, 0.717) is 63.7 Å². The Morgan fingerprint density at radius 1 is 0.677 bits per heavy atom. The van der Waals surface area contributed by atoms with E-state index >= 15 is 0 Å². The fraction of sp³-hybridized carbons (Fsp3) is 0.409. The van der Waals surface area contributed by atoms with Gasteiger partial charge in [-0.15, -0.1) is 23.5 Å². The number of thioether (sulfide) groups is 2. The van der Waals surface area contributed by atoms with Crippen LogP contribution in [0.5, 0.6) is 11.5 Å². The first-order valence-corrected chi connectivity index (χ1v) is 35.8. The third-order valence-electron chi connectivity index (χ3n) is 17.2. The monoisotopic (exact) mass is 1320 g/mol. The minimum atomic E-state index is -2.32. The number of benzene rings is 4. The largest absolute Gasteiger partial charge is 0.497 e. The van der Waals surface area contributed by atoms with Gasteiger partial charge in [-0.2, -0.15) is 4.98 Å². The summed E-state index contributed by atoms with van der Waals surface area (Å²) in [5.41, 5.74) is 2.18. The van der Waals surface area contributed by atoms with Gasteiger partial charge in [0.2, 0.25) is 0 Å². The molecule has 7 heterocycles. The van der Waals surface area contributed by atoms with Crippen molar-refractivity contribution in [3.05, 3.63) is 199 Å². The third kappa shape index (κ3) is 15.9. The molecule has 11 rings (SSSR count). The molecule has 0 spiro atoms. The Morgan fingerprint density at radius 3 is 1.80 bits per heavy atom. The third-order valence-corrected chi connectivity index (χ3v) is 23.4. The molecule has 93 heavy (non-hydrogen) atoms. The molecule has 3 fully saturated rings. The van der Waals surface area contributed by atoms with Crippen LogP contribution in [0.4, 0.5) is 11.6 Å². The standard InChI is InChI=1S/C66H76N10O14S2Si/c1-40-32-75(65(81)73-61(40)77)55-30-48(86-39-92-35-52-49(90-93(7,8)66(2,3)4)31-56(89-52)76-37-69-57-59(67-36-68-60(57)76)72-63(79)44-17-13-10-14-18-44)51(88-55)34-91-38-85-47-29-54(74-28-27-53(71-64(74)80)70-62(78)43-15-11-9-12-16-43)87-50(47)33-84-58(41-19-23-45(82-5)24-20-41)42-21-25-46(83-6)26-22-42/h9-28,32,36-37,47-52,54-56,58H,29-31,33-35,38-39H2,1-8H3,(H,73,77,81)(H,67,68,72,79)(H,70,71,78,80)/t47-,48-,49-,50+,51+,52+,54+,55+,56+/m0/s1. The van der Waals surface area contributed by atoms with E-state index in [0.717, 1.165) is 11.1 Å². The molecule has 8 aromatic rings. The first-order valence-electron chi connectivity index (χ1n) is 30.6. The van der Waals surface area contributed by atoms with Crippen LogP contribution < -0.4 is 37.0 Å². The molecule has 2 amide bonds. The minimum Gasteiger partial charge on any atom is -0.497 e. The number of ether oxygens (including phenoxy) is 8. The van der Waals surface area contributed by atoms with Gasteiger partial charge in [0, 0.05) is 59.9 Å². The van der Waals surface area contributed by atoms with Gasteiger partial charge in [0.1, 0.15) is 54.5 Å². The lowest BCUT2D eigenvalue weighted by Gasteiger charge is -2.39. The fourth-order valence-corrected chi connectivity index (χ4v) is 14.2. The van der Waals surface area contributed by atoms with Gasteiger partial charge in [-0.1, -0.05) is 81.4 Å². The van der Waals surface area contributed by atoms with Crippen LogP contribution >= 0.6 is 23.5 Å². The summed E-state index contributed by atoms with van der Waals surface area (Å²) in [4.78, 5) is 86.0. The molecule has 4 aromatic carbocycles. The Kier molecular flexibility index (Phi) is 21.2. The number of aromatic nitrogens is 8. The number of imidazole rings is 1. The molecular weight excluding hydrogens is 1250 g/mol. The lowest BCUT2D eigenvalue weighted by atomic mass is 10.0. The Balaban J connectivity index is 0.779. The van der Waals surface area contributed by atoms with Crippen LogP contribution in [-0.2, 0) is 32.8 Å². The number of rotatable bonds is 26. The van der Waals surface area contributed by atoms with Crippen molar-refractivity contribution in [1.82, 2.24) is 38.6 Å². The van der Waals surface area contributed by atoms with Crippen LogP contribution in [-0.4, -0.2) is 140 Å². The van der Waals surface area contributed by atoms with E-state index in [4.69, 9.17) is 42.3 Å². The van der Waals surface area contributed by atoms with Gasteiger partial charge >= 0.3 is 11.4 Å². The van der Waals surface area contributed by atoms with E-state index in [9.17, 15) is 24.0 Å². The second-order valence-corrected chi connectivity index (χ2v) is 31.0. The second kappa shape index (κ2) is 29.6. The van der Waals surface area contributed by atoms with Crippen molar-refractivity contribution in [2.24, 2.45) is 0 Å². The van der Waals surface area contributed by atoms with E-state index in [1.807, 2.05) is 59.2 Å². The van der Waals surface area contributed by atoms with Gasteiger partial charge in [-0.05, 0) is 90.8 Å². The first-order chi connectivity index (χ1) is 44.8. The molecule has 0 aliphatic carbocycles. The molecule has 0 radical (unpaired) electrons. The second-order valence-electron chi connectivity index (χ2n) is 24.3. The molecular formula is C66H76N10O14S2Si. The number of hydrogen-bond donors (Lipinski definition) is 3. The number of aryl methyl sites for hydroxylation is 1. The molecule has 3 saturated heterocycles. The zero-order valence-corrected chi connectivity index (χ0v) is 55.5. The summed E-state index contributed by atoms with van der Waals surface area (Å²) >= 11 is 3.01. The summed E-state index contributed by atoms with van der Waals surface area (Å²) in [6.07, 6.45) is 1.62. The molecule has 4 aromatic heterocycles. The highest BCUT2D eigenvalue weighted by molar-refractivity contribution is 7.99. The number of carbonyl (C=O) groups is 2. The van der Waals surface area contributed by atoms with Gasteiger partial charge in [0.25, 0.3) is 17.4 Å². The smallest absolute Gasteiger partial charge is 0.351 e. The maximum absolute atomic E-state index is 13.8. The van der Waals surface area contributed by atoms with Crippen molar-refractivity contribution in [2.75, 3.05) is 54.8 Å². The van der Waals surface area contributed by atoms with E-state index < -0.39 is 80.4 Å². The van der Waals surface area contributed by atoms with Crippen LogP contribution in [0.3, 0.4) is 0 Å². The van der Waals surface area contributed by atoms with Crippen LogP contribution in [0.15, 0.2) is 155 Å². The van der Waals surface area contributed by atoms with Gasteiger partial charge in [-0.25, -0.2) is 24.5 Å². The number of aromatic amines is 1. The van der Waals surface area contributed by atoms with Crippen molar-refractivity contribution in [3.63, 3.8) is 0 Å². The van der Waals surface area contributed by atoms with Crippen LogP contribution in [0.25, 0.3) is 11.2 Å². The molecule has 3 N–H and O–H groups in total. The van der Waals surface area contributed by atoms with Gasteiger partial charge < -0.3 is 53.0 Å². The van der Waals surface area contributed by atoms with Crippen LogP contribution in [0.1, 0.15) is 102 Å². The summed E-state index contributed by atoms with van der Waals surface area (Å²) in [7, 11) is 0.895. The molecule has 27 heteroatoms. The molecule has 490 valence electrons. The molecule has 24 nitrogen and oxygen atoms in total. The first kappa shape index (κ1) is 66.6. The summed E-state index contributed by atoms with van der Waals surface area (Å²) in [6.45, 7) is 12.7. The maximum Gasteiger partial charge on any atom is 0.351 e. The molecule has 0 unspecified atom stereocenters. The Hall–Kier alpha value is -7.83. The predicted octanol–water partition coefficient (Wildman–Crippen LogP) is 9.67. The molecule has 0 bridgehead atoms. The van der Waals surface area contributed by atoms with E-state index in [1.54, 1.807) is 106 Å². The molecule has 9 atom stereocenters. The SMILES string of the molecule is COc1ccc(C(OC[C@H]2O[C@@H](n3ccc(NC(=O)c4ccccc4)nc3=O)C[C@@H]2OCSC[C@H]2O[C@@H](n3cc(C)c(=O)[nH]c3=O)C[C@@H]2OCSC[C@H]2O[C@@H](n3cnc4c(NC(=O)c5ccccc5)ncnc43)C[C@@H]2O[Si](C)(C)C(C)(C)C)c2ccc(OC)cc2)cc1. The Labute approximate surface area is 546 Å². The summed E-state index contributed by atoms with van der Waals surface area (Å²) in [6, 6.07) is 34.3. The summed E-state index contributed by atoms with van der Waals surface area (Å²) < 4.78 is 63.1. The van der Waals surface area contributed by atoms with E-state index in [-0.39, 0.29) is 59.7 Å². The van der Waals surface area contributed by atoms with Crippen molar-refractivity contribution in [3.8, 4) is 11.5 Å². The Bertz CT molecular complexity index is 4000. The highest BCUT2D eigenvalue weighted by Gasteiger charge is 2.46. The average Bonchev–Trinajstić information content (AvgIpc) is 1.66. The lowest BCUT2D eigenvalue weighted by Crippen LogP contribution is -2.46. The zero-order chi connectivity index (χ0) is 65.4. The number of amides is 2. The van der Waals surface area contributed by atoms with Crippen molar-refractivity contribution < 1.29 is 51.9 Å². The van der Waals surface area contributed by atoms with Gasteiger partial charge in [0.15, 0.2) is 25.3 Å². The number of nitrogens with zero attached hydrogens (tertiary/aromatic N) is 7. The number of methoxy groups -OCH3 is 2. The predicted molar refractivity (Wildman–Crippen MR) is 355 cm³/mol. The highest BCUT2D eigenvalue weighted by atomic mass is 32.2. The Morgan fingerprint density at radius 2 is 1.22 bits per heavy atom. The van der Waals surface area contributed by atoms with Gasteiger partial charge in [-0.3, -0.25) is 33.1 Å². The van der Waals surface area contributed by atoms with Crippen molar-refractivity contribution >= 4 is 66.5 Å². The molecule has 3 aliphatic rings. The van der Waals surface area contributed by atoms with Crippen molar-refractivity contribution in [1.29, 1.82) is 0 Å². The van der Waals surface area contributed by atoms with E-state index in [2.05, 4.69) is 69.4 Å². The van der Waals surface area contributed by atoms with Crippen molar-refractivity contribution in [2.45, 2.75) is 127 Å². The molecule has 3 aliphatic heterocycles. The lowest BCUT2D eigenvalue weighted by molar-refractivity contribution is -0.0823. The number of nitrogens with one attached hydrogen (secondary N) is 3. The maximum atomic E-state index is 13.8. The minimum absolute atomic E-state index is 0.0543. The summed E-state index contributed by atoms with van der Waals surface area (Å²) in [5.74, 6) is 2.31. The number of hydrogen-bond acceptors (Lipinski definition) is 20. The fourth-order valence-electron chi connectivity index (χ4n) is 11.0. The van der Waals surface area contributed by atoms with Gasteiger partial charge in [0.05, 0.1) is 69.6 Å². The quantitative estimate of drug-likeness (QED) is 0.0258. The number of fused-ring (bicyclic) bond motifs is 1. The van der Waals surface area contributed by atoms with Crippen LogP contribution in [0.2, 0.25) is 18.1 Å². The average molecular weight is 1330 g/mol. The molecule has 0 saturated carbocycles. The summed E-state index contributed by atoms with van der Waals surface area (Å²) in [5, 5.41) is 5.51. The van der Waals surface area contributed by atoms with Crippen LogP contribution in [0, 0.1) is 6.92 Å². The number of anilines is 2. The zero-order valence-electron chi connectivity index (χ0n) is 52.9. The number of H-pyrrole nitrogens is 1. The number of carbonyl (C=O) groups excluding carboxylic acids is 2. The normalized spacial score (nSPS) is 21.5. The van der Waals surface area contributed by atoms with E-state index in [1.165, 1.54) is 33.4 Å².